The number of carbonyl (C=O) groups is 1. The molecule has 1 aromatic carbocycles. The van der Waals surface area contributed by atoms with Gasteiger partial charge in [0.2, 0.25) is 5.13 Å². The van der Waals surface area contributed by atoms with Crippen LogP contribution in [0.4, 0.5) is 9.52 Å². The van der Waals surface area contributed by atoms with Crippen molar-refractivity contribution in [3.63, 3.8) is 0 Å². The van der Waals surface area contributed by atoms with Crippen molar-refractivity contribution in [3.05, 3.63) is 40.7 Å². The highest BCUT2D eigenvalue weighted by Crippen LogP contribution is 2.29. The first kappa shape index (κ1) is 13.9. The van der Waals surface area contributed by atoms with Crippen LogP contribution in [0, 0.1) is 5.82 Å². The third-order valence-electron chi connectivity index (χ3n) is 3.51. The molecule has 1 unspecified atom stereocenters. The smallest absolute Gasteiger partial charge is 0.326 e. The van der Waals surface area contributed by atoms with Gasteiger partial charge >= 0.3 is 5.97 Å². The predicted octanol–water partition coefficient (Wildman–Crippen LogP) is 2.32. The molecule has 1 N–H and O–H groups in total. The number of aliphatic carboxylic acids is 1. The quantitative estimate of drug-likeness (QED) is 0.939. The third-order valence-corrected chi connectivity index (χ3v) is 4.47. The van der Waals surface area contributed by atoms with E-state index in [0.29, 0.717) is 24.5 Å². The van der Waals surface area contributed by atoms with E-state index < -0.39 is 12.0 Å². The van der Waals surface area contributed by atoms with Gasteiger partial charge in [0, 0.05) is 13.0 Å². The Kier molecular flexibility index (Phi) is 3.83. The summed E-state index contributed by atoms with van der Waals surface area (Å²) < 4.78 is 12.9. The standard InChI is InChI=1S/C14H14FN3O2S/c15-10-5-3-9(4-6-10)8-12-16-17-14(21-12)18-7-1-2-11(18)13(19)20/h3-6,11H,1-2,7-8H2,(H,19,20). The van der Waals surface area contributed by atoms with Crippen LogP contribution in [-0.2, 0) is 11.2 Å². The fourth-order valence-electron chi connectivity index (χ4n) is 2.46. The van der Waals surface area contributed by atoms with E-state index in [0.717, 1.165) is 17.0 Å². The molecular weight excluding hydrogens is 293 g/mol. The van der Waals surface area contributed by atoms with Crippen molar-refractivity contribution in [2.24, 2.45) is 0 Å². The van der Waals surface area contributed by atoms with E-state index in [-0.39, 0.29) is 5.82 Å². The normalized spacial score (nSPS) is 18.1. The number of rotatable bonds is 4. The molecule has 0 saturated carbocycles. The van der Waals surface area contributed by atoms with Gasteiger partial charge in [0.05, 0.1) is 0 Å². The van der Waals surface area contributed by atoms with Crippen molar-refractivity contribution in [3.8, 4) is 0 Å². The summed E-state index contributed by atoms with van der Waals surface area (Å²) in [6.45, 7) is 0.697. The van der Waals surface area contributed by atoms with Crippen LogP contribution in [0.2, 0.25) is 0 Å². The highest BCUT2D eigenvalue weighted by atomic mass is 32.1. The summed E-state index contributed by atoms with van der Waals surface area (Å²) in [5.74, 6) is -1.08. The Morgan fingerprint density at radius 1 is 1.38 bits per heavy atom. The molecule has 110 valence electrons. The summed E-state index contributed by atoms with van der Waals surface area (Å²) in [7, 11) is 0. The molecule has 1 aliphatic heterocycles. The van der Waals surface area contributed by atoms with Crippen LogP contribution in [0.5, 0.6) is 0 Å². The minimum absolute atomic E-state index is 0.266. The minimum Gasteiger partial charge on any atom is -0.480 e. The van der Waals surface area contributed by atoms with E-state index >= 15 is 0 Å². The Hall–Kier alpha value is -2.02. The van der Waals surface area contributed by atoms with Crippen LogP contribution in [0.1, 0.15) is 23.4 Å². The van der Waals surface area contributed by atoms with Crippen molar-refractivity contribution in [2.45, 2.75) is 25.3 Å². The van der Waals surface area contributed by atoms with Gasteiger partial charge in [-0.1, -0.05) is 23.5 Å². The van der Waals surface area contributed by atoms with E-state index in [2.05, 4.69) is 10.2 Å². The Morgan fingerprint density at radius 2 is 2.14 bits per heavy atom. The van der Waals surface area contributed by atoms with Gasteiger partial charge in [0.15, 0.2) is 0 Å². The Labute approximate surface area is 125 Å². The first-order valence-electron chi connectivity index (χ1n) is 6.70. The fraction of sp³-hybridized carbons (Fsp3) is 0.357. The molecule has 7 heteroatoms. The van der Waals surface area contributed by atoms with Crippen molar-refractivity contribution in [2.75, 3.05) is 11.4 Å². The molecule has 1 aliphatic rings. The van der Waals surface area contributed by atoms with E-state index in [9.17, 15) is 14.3 Å². The second-order valence-electron chi connectivity index (χ2n) is 4.97. The molecule has 1 atom stereocenters. The third kappa shape index (κ3) is 3.02. The molecule has 0 aliphatic carbocycles. The molecule has 1 fully saturated rings. The number of nitrogens with zero attached hydrogens (tertiary/aromatic N) is 3. The largest absolute Gasteiger partial charge is 0.480 e. The molecule has 0 bridgehead atoms. The molecule has 1 saturated heterocycles. The van der Waals surface area contributed by atoms with Gasteiger partial charge in [0.1, 0.15) is 16.9 Å². The molecule has 0 spiro atoms. The van der Waals surface area contributed by atoms with Gasteiger partial charge in [-0.3, -0.25) is 0 Å². The number of halogens is 1. The molecular formula is C14H14FN3O2S. The Morgan fingerprint density at radius 3 is 2.86 bits per heavy atom. The number of benzene rings is 1. The summed E-state index contributed by atoms with van der Waals surface area (Å²) in [5.41, 5.74) is 0.954. The van der Waals surface area contributed by atoms with Gasteiger partial charge in [0.25, 0.3) is 0 Å². The number of anilines is 1. The first-order chi connectivity index (χ1) is 10.1. The van der Waals surface area contributed by atoms with Crippen molar-refractivity contribution >= 4 is 22.4 Å². The van der Waals surface area contributed by atoms with E-state index in [1.807, 2.05) is 0 Å². The summed E-state index contributed by atoms with van der Waals surface area (Å²) in [4.78, 5) is 13.0. The Bertz CT molecular complexity index is 644. The lowest BCUT2D eigenvalue weighted by molar-refractivity contribution is -0.138. The molecule has 0 radical (unpaired) electrons. The molecule has 1 aromatic heterocycles. The molecule has 3 rings (SSSR count). The molecule has 2 aromatic rings. The maximum atomic E-state index is 12.9. The second-order valence-corrected chi connectivity index (χ2v) is 6.01. The monoisotopic (exact) mass is 307 g/mol. The van der Waals surface area contributed by atoms with E-state index in [1.54, 1.807) is 17.0 Å². The van der Waals surface area contributed by atoms with Crippen LogP contribution in [-0.4, -0.2) is 33.9 Å². The van der Waals surface area contributed by atoms with Crippen molar-refractivity contribution < 1.29 is 14.3 Å². The number of hydrogen-bond donors (Lipinski definition) is 1. The van der Waals surface area contributed by atoms with Gasteiger partial charge in [-0.05, 0) is 30.5 Å². The minimum atomic E-state index is -0.817. The maximum Gasteiger partial charge on any atom is 0.326 e. The zero-order valence-corrected chi connectivity index (χ0v) is 12.0. The highest BCUT2D eigenvalue weighted by molar-refractivity contribution is 7.15. The SMILES string of the molecule is O=C(O)C1CCCN1c1nnc(Cc2ccc(F)cc2)s1. The average molecular weight is 307 g/mol. The lowest BCUT2D eigenvalue weighted by atomic mass is 10.2. The molecule has 21 heavy (non-hydrogen) atoms. The van der Waals surface area contributed by atoms with Gasteiger partial charge in [-0.15, -0.1) is 10.2 Å². The summed E-state index contributed by atoms with van der Waals surface area (Å²) in [6.07, 6.45) is 2.07. The van der Waals surface area contributed by atoms with Gasteiger partial charge < -0.3 is 10.0 Å². The van der Waals surface area contributed by atoms with Crippen LogP contribution in [0.3, 0.4) is 0 Å². The average Bonchev–Trinajstić information content (AvgIpc) is 3.09. The second kappa shape index (κ2) is 5.77. The lowest BCUT2D eigenvalue weighted by Crippen LogP contribution is -2.35. The van der Waals surface area contributed by atoms with Crippen molar-refractivity contribution in [1.82, 2.24) is 10.2 Å². The van der Waals surface area contributed by atoms with Crippen LogP contribution < -0.4 is 4.90 Å². The summed E-state index contributed by atoms with van der Waals surface area (Å²) in [5, 5.41) is 18.9. The van der Waals surface area contributed by atoms with Crippen molar-refractivity contribution in [1.29, 1.82) is 0 Å². The number of hydrogen-bond acceptors (Lipinski definition) is 5. The molecule has 2 heterocycles. The van der Waals surface area contributed by atoms with E-state index in [1.165, 1.54) is 23.5 Å². The lowest BCUT2D eigenvalue weighted by Gasteiger charge is -2.19. The summed E-state index contributed by atoms with van der Waals surface area (Å²) >= 11 is 1.40. The predicted molar refractivity (Wildman–Crippen MR) is 77.1 cm³/mol. The Balaban J connectivity index is 1.74. The highest BCUT2D eigenvalue weighted by Gasteiger charge is 2.32. The number of carboxylic acid groups (broad SMARTS) is 1. The fourth-order valence-corrected chi connectivity index (χ4v) is 3.41. The summed E-state index contributed by atoms with van der Waals surface area (Å²) in [6, 6.07) is 5.76. The molecule has 0 amide bonds. The van der Waals surface area contributed by atoms with Gasteiger partial charge in [-0.2, -0.15) is 0 Å². The zero-order chi connectivity index (χ0) is 14.8. The first-order valence-corrected chi connectivity index (χ1v) is 7.51. The number of aromatic nitrogens is 2. The van der Waals surface area contributed by atoms with Crippen LogP contribution in [0.15, 0.2) is 24.3 Å². The zero-order valence-electron chi connectivity index (χ0n) is 11.2. The van der Waals surface area contributed by atoms with Crippen LogP contribution in [0.25, 0.3) is 0 Å². The number of carboxylic acids is 1. The van der Waals surface area contributed by atoms with Crippen LogP contribution >= 0.6 is 11.3 Å². The van der Waals surface area contributed by atoms with E-state index in [4.69, 9.17) is 0 Å². The maximum absolute atomic E-state index is 12.9. The topological polar surface area (TPSA) is 66.3 Å². The van der Waals surface area contributed by atoms with Gasteiger partial charge in [-0.25, -0.2) is 9.18 Å². The molecule has 5 nitrogen and oxygen atoms in total.